The SMILES string of the molecule is CCC(=O)Nc1ccc(NC(=O)COc2ccc(Cl)c(C)c2)cc1. The van der Waals surface area contributed by atoms with E-state index in [9.17, 15) is 9.59 Å². The molecule has 0 heterocycles. The molecule has 2 rings (SSSR count). The number of aryl methyl sites for hydroxylation is 1. The molecule has 0 saturated carbocycles. The van der Waals surface area contributed by atoms with Gasteiger partial charge in [0.25, 0.3) is 5.91 Å². The molecule has 0 spiro atoms. The Morgan fingerprint density at radius 3 is 2.12 bits per heavy atom. The summed E-state index contributed by atoms with van der Waals surface area (Å²) in [5, 5.41) is 6.13. The van der Waals surface area contributed by atoms with Crippen LogP contribution in [0.3, 0.4) is 0 Å². The highest BCUT2D eigenvalue weighted by Gasteiger charge is 2.06. The van der Waals surface area contributed by atoms with E-state index in [4.69, 9.17) is 16.3 Å². The van der Waals surface area contributed by atoms with Crippen molar-refractivity contribution in [3.8, 4) is 5.75 Å². The summed E-state index contributed by atoms with van der Waals surface area (Å²) in [5.74, 6) is 0.260. The van der Waals surface area contributed by atoms with Crippen LogP contribution >= 0.6 is 11.6 Å². The fraction of sp³-hybridized carbons (Fsp3) is 0.222. The smallest absolute Gasteiger partial charge is 0.262 e. The Labute approximate surface area is 146 Å². The Kier molecular flexibility index (Phi) is 6.21. The summed E-state index contributed by atoms with van der Waals surface area (Å²) in [6, 6.07) is 12.1. The lowest BCUT2D eigenvalue weighted by atomic mass is 10.2. The Hall–Kier alpha value is -2.53. The minimum Gasteiger partial charge on any atom is -0.484 e. The Balaban J connectivity index is 1.85. The van der Waals surface area contributed by atoms with Gasteiger partial charge in [-0.25, -0.2) is 0 Å². The van der Waals surface area contributed by atoms with Gasteiger partial charge in [0, 0.05) is 22.8 Å². The first kappa shape index (κ1) is 17.8. The van der Waals surface area contributed by atoms with E-state index in [-0.39, 0.29) is 18.4 Å². The molecule has 0 unspecified atom stereocenters. The molecule has 24 heavy (non-hydrogen) atoms. The lowest BCUT2D eigenvalue weighted by molar-refractivity contribution is -0.118. The lowest BCUT2D eigenvalue weighted by Crippen LogP contribution is -2.20. The molecule has 0 aliphatic carbocycles. The molecule has 2 N–H and O–H groups in total. The number of ether oxygens (including phenoxy) is 1. The molecule has 0 aliphatic rings. The van der Waals surface area contributed by atoms with Crippen molar-refractivity contribution in [2.24, 2.45) is 0 Å². The standard InChI is InChI=1S/C18H19ClN2O3/c1-3-17(22)20-13-4-6-14(7-5-13)21-18(23)11-24-15-8-9-16(19)12(2)10-15/h4-10H,3,11H2,1-2H3,(H,20,22)(H,21,23). The molecule has 126 valence electrons. The Morgan fingerprint density at radius 1 is 1.00 bits per heavy atom. The number of amides is 2. The summed E-state index contributed by atoms with van der Waals surface area (Å²) in [4.78, 5) is 23.2. The molecule has 0 radical (unpaired) electrons. The molecule has 0 aliphatic heterocycles. The van der Waals surface area contributed by atoms with Crippen molar-refractivity contribution in [1.29, 1.82) is 0 Å². The fourth-order valence-corrected chi connectivity index (χ4v) is 2.06. The Bertz CT molecular complexity index is 730. The normalized spacial score (nSPS) is 10.1. The molecule has 0 bridgehead atoms. The van der Waals surface area contributed by atoms with Crippen LogP contribution < -0.4 is 15.4 Å². The summed E-state index contributed by atoms with van der Waals surface area (Å²) in [7, 11) is 0. The molecule has 5 nitrogen and oxygen atoms in total. The van der Waals surface area contributed by atoms with Gasteiger partial charge in [-0.1, -0.05) is 18.5 Å². The fourth-order valence-electron chi connectivity index (χ4n) is 1.94. The minimum atomic E-state index is -0.270. The van der Waals surface area contributed by atoms with Gasteiger partial charge >= 0.3 is 0 Å². The third-order valence-corrected chi connectivity index (χ3v) is 3.70. The predicted octanol–water partition coefficient (Wildman–Crippen LogP) is 4.01. The van der Waals surface area contributed by atoms with Crippen LogP contribution in [0.4, 0.5) is 11.4 Å². The molecule has 2 aromatic rings. The van der Waals surface area contributed by atoms with Gasteiger partial charge < -0.3 is 15.4 Å². The van der Waals surface area contributed by atoms with E-state index in [1.807, 2.05) is 6.92 Å². The van der Waals surface area contributed by atoms with E-state index in [1.165, 1.54) is 0 Å². The van der Waals surface area contributed by atoms with Gasteiger partial charge in [-0.3, -0.25) is 9.59 Å². The summed E-state index contributed by atoms with van der Waals surface area (Å²) in [6.45, 7) is 3.55. The molecular formula is C18H19ClN2O3. The largest absolute Gasteiger partial charge is 0.484 e. The maximum absolute atomic E-state index is 11.9. The van der Waals surface area contributed by atoms with Crippen molar-refractivity contribution < 1.29 is 14.3 Å². The lowest BCUT2D eigenvalue weighted by Gasteiger charge is -2.09. The first-order chi connectivity index (χ1) is 11.5. The quantitative estimate of drug-likeness (QED) is 0.830. The van der Waals surface area contributed by atoms with E-state index in [0.29, 0.717) is 28.6 Å². The maximum Gasteiger partial charge on any atom is 0.262 e. The van der Waals surface area contributed by atoms with Gasteiger partial charge in [-0.15, -0.1) is 0 Å². The number of carbonyl (C=O) groups excluding carboxylic acids is 2. The number of carbonyl (C=O) groups is 2. The highest BCUT2D eigenvalue weighted by Crippen LogP contribution is 2.21. The minimum absolute atomic E-state index is 0.0570. The van der Waals surface area contributed by atoms with Crippen LogP contribution in [0, 0.1) is 6.92 Å². The van der Waals surface area contributed by atoms with Crippen LogP contribution in [-0.2, 0) is 9.59 Å². The molecule has 0 atom stereocenters. The van der Waals surface area contributed by atoms with Crippen LogP contribution in [0.1, 0.15) is 18.9 Å². The molecule has 0 aromatic heterocycles. The zero-order chi connectivity index (χ0) is 17.5. The number of nitrogens with one attached hydrogen (secondary N) is 2. The van der Waals surface area contributed by atoms with Crippen LogP contribution in [0.15, 0.2) is 42.5 Å². The number of rotatable bonds is 6. The maximum atomic E-state index is 11.9. The second kappa shape index (κ2) is 8.36. The highest BCUT2D eigenvalue weighted by atomic mass is 35.5. The van der Waals surface area contributed by atoms with Gasteiger partial charge in [-0.2, -0.15) is 0 Å². The van der Waals surface area contributed by atoms with Crippen molar-refractivity contribution in [3.63, 3.8) is 0 Å². The van der Waals surface area contributed by atoms with Crippen molar-refractivity contribution in [2.75, 3.05) is 17.2 Å². The van der Waals surface area contributed by atoms with Crippen molar-refractivity contribution in [3.05, 3.63) is 53.1 Å². The van der Waals surface area contributed by atoms with Gasteiger partial charge in [-0.05, 0) is 55.0 Å². The van der Waals surface area contributed by atoms with Crippen LogP contribution in [0.5, 0.6) is 5.75 Å². The molecule has 2 aromatic carbocycles. The van der Waals surface area contributed by atoms with Crippen LogP contribution in [0.2, 0.25) is 5.02 Å². The predicted molar refractivity (Wildman–Crippen MR) is 95.7 cm³/mol. The number of benzene rings is 2. The van der Waals surface area contributed by atoms with Crippen molar-refractivity contribution >= 4 is 34.8 Å². The van der Waals surface area contributed by atoms with E-state index < -0.39 is 0 Å². The third kappa shape index (κ3) is 5.28. The molecule has 6 heteroatoms. The Morgan fingerprint density at radius 2 is 1.58 bits per heavy atom. The highest BCUT2D eigenvalue weighted by molar-refractivity contribution is 6.31. The summed E-state index contributed by atoms with van der Waals surface area (Å²) in [5.41, 5.74) is 2.21. The summed E-state index contributed by atoms with van der Waals surface area (Å²) < 4.78 is 5.44. The van der Waals surface area contributed by atoms with Crippen LogP contribution in [-0.4, -0.2) is 18.4 Å². The first-order valence-electron chi connectivity index (χ1n) is 7.56. The number of halogens is 1. The molecular weight excluding hydrogens is 328 g/mol. The average Bonchev–Trinajstić information content (AvgIpc) is 2.57. The van der Waals surface area contributed by atoms with Gasteiger partial charge in [0.15, 0.2) is 6.61 Å². The van der Waals surface area contributed by atoms with E-state index in [1.54, 1.807) is 49.4 Å². The topological polar surface area (TPSA) is 67.4 Å². The van der Waals surface area contributed by atoms with Crippen LogP contribution in [0.25, 0.3) is 0 Å². The van der Waals surface area contributed by atoms with Gasteiger partial charge in [0.2, 0.25) is 5.91 Å². The average molecular weight is 347 g/mol. The third-order valence-electron chi connectivity index (χ3n) is 3.27. The van der Waals surface area contributed by atoms with E-state index >= 15 is 0 Å². The number of hydrogen-bond donors (Lipinski definition) is 2. The monoisotopic (exact) mass is 346 g/mol. The second-order valence-electron chi connectivity index (χ2n) is 5.23. The van der Waals surface area contributed by atoms with E-state index in [0.717, 1.165) is 5.56 Å². The van der Waals surface area contributed by atoms with Gasteiger partial charge in [0.1, 0.15) is 5.75 Å². The number of anilines is 2. The molecule has 2 amide bonds. The number of hydrogen-bond acceptors (Lipinski definition) is 3. The van der Waals surface area contributed by atoms with Crippen molar-refractivity contribution in [2.45, 2.75) is 20.3 Å². The molecule has 0 fully saturated rings. The zero-order valence-electron chi connectivity index (χ0n) is 13.6. The van der Waals surface area contributed by atoms with E-state index in [2.05, 4.69) is 10.6 Å². The van der Waals surface area contributed by atoms with Gasteiger partial charge in [0.05, 0.1) is 0 Å². The summed E-state index contributed by atoms with van der Waals surface area (Å²) in [6.07, 6.45) is 0.417. The zero-order valence-corrected chi connectivity index (χ0v) is 14.3. The first-order valence-corrected chi connectivity index (χ1v) is 7.94. The summed E-state index contributed by atoms with van der Waals surface area (Å²) >= 11 is 5.94. The molecule has 0 saturated heterocycles. The second-order valence-corrected chi connectivity index (χ2v) is 5.63. The van der Waals surface area contributed by atoms with Crippen molar-refractivity contribution in [1.82, 2.24) is 0 Å².